The third-order valence-corrected chi connectivity index (χ3v) is 5.30. The number of nitrogens with two attached hydrogens (primary N) is 1. The minimum atomic E-state index is -1.22. The van der Waals surface area contributed by atoms with Crippen LogP contribution in [0.5, 0.6) is 0 Å². The van der Waals surface area contributed by atoms with Gasteiger partial charge in [0.1, 0.15) is 17.7 Å². The number of likely N-dealkylation sites (N-methyl/N-ethyl adjacent to an activating group) is 1. The molecule has 3 amide bonds. The lowest BCUT2D eigenvalue weighted by Crippen LogP contribution is -2.55. The first kappa shape index (κ1) is 23.3. The Morgan fingerprint density at radius 3 is 2.38 bits per heavy atom. The largest absolute Gasteiger partial charge is 0.343 e. The van der Waals surface area contributed by atoms with Crippen LogP contribution in [0.1, 0.15) is 24.5 Å². The van der Waals surface area contributed by atoms with Crippen LogP contribution in [-0.4, -0.2) is 53.2 Å². The van der Waals surface area contributed by atoms with E-state index in [0.29, 0.717) is 19.0 Å². The van der Waals surface area contributed by atoms with Gasteiger partial charge in [0.25, 0.3) is 0 Å². The van der Waals surface area contributed by atoms with Crippen LogP contribution in [0.2, 0.25) is 0 Å². The maximum Gasteiger partial charge on any atom is 0.249 e. The highest BCUT2D eigenvalue weighted by molar-refractivity contribution is 6.04. The quantitative estimate of drug-likeness (QED) is 0.773. The third kappa shape index (κ3) is 5.26. The summed E-state index contributed by atoms with van der Waals surface area (Å²) in [5.74, 6) is -3.63. The van der Waals surface area contributed by atoms with Crippen LogP contribution in [0.15, 0.2) is 54.6 Å². The second kappa shape index (κ2) is 9.82. The zero-order valence-corrected chi connectivity index (χ0v) is 17.9. The van der Waals surface area contributed by atoms with E-state index in [-0.39, 0.29) is 5.56 Å². The lowest BCUT2D eigenvalue weighted by molar-refractivity contribution is -0.153. The average Bonchev–Trinajstić information content (AvgIpc) is 2.87. The molecular weight excluding hydrogens is 416 g/mol. The van der Waals surface area contributed by atoms with E-state index in [2.05, 4.69) is 0 Å². The Morgan fingerprint density at radius 2 is 1.78 bits per heavy atom. The summed E-state index contributed by atoms with van der Waals surface area (Å²) in [5, 5.41) is 0. The van der Waals surface area contributed by atoms with Crippen LogP contribution in [0.25, 0.3) is 5.57 Å². The van der Waals surface area contributed by atoms with Crippen molar-refractivity contribution in [1.82, 2.24) is 9.80 Å². The summed E-state index contributed by atoms with van der Waals surface area (Å²) >= 11 is 0. The topological polar surface area (TPSA) is 83.7 Å². The Balaban J connectivity index is 2.04. The molecule has 0 radical (unpaired) electrons. The molecular formula is C24H25F2N3O3. The first-order chi connectivity index (χ1) is 15.2. The predicted molar refractivity (Wildman–Crippen MR) is 116 cm³/mol. The van der Waals surface area contributed by atoms with Gasteiger partial charge >= 0.3 is 0 Å². The molecule has 0 saturated heterocycles. The number of imide groups is 1. The fraction of sp³-hybridized carbons (Fsp3) is 0.292. The molecule has 6 nitrogen and oxygen atoms in total. The summed E-state index contributed by atoms with van der Waals surface area (Å²) < 4.78 is 27.2. The van der Waals surface area contributed by atoms with Crippen LogP contribution in [0, 0.1) is 11.6 Å². The molecule has 1 heterocycles. The number of rotatable bonds is 5. The molecule has 3 rings (SSSR count). The molecule has 0 saturated carbocycles. The lowest BCUT2D eigenvalue weighted by atomic mass is 10.00. The highest BCUT2D eigenvalue weighted by Gasteiger charge is 2.37. The van der Waals surface area contributed by atoms with E-state index in [1.807, 2.05) is 30.3 Å². The molecule has 2 aromatic carbocycles. The van der Waals surface area contributed by atoms with Gasteiger partial charge in [0.2, 0.25) is 17.7 Å². The fourth-order valence-electron chi connectivity index (χ4n) is 3.65. The maximum absolute atomic E-state index is 13.6. The van der Waals surface area contributed by atoms with Crippen molar-refractivity contribution in [2.24, 2.45) is 5.73 Å². The summed E-state index contributed by atoms with van der Waals surface area (Å²) in [6, 6.07) is 9.79. The predicted octanol–water partition coefficient (Wildman–Crippen LogP) is 2.52. The summed E-state index contributed by atoms with van der Waals surface area (Å²) in [5.41, 5.74) is 7.51. The van der Waals surface area contributed by atoms with E-state index in [1.165, 1.54) is 11.8 Å². The molecule has 0 unspecified atom stereocenters. The number of carbonyl (C=O) groups is 3. The number of nitrogens with zero attached hydrogens (tertiary/aromatic N) is 2. The van der Waals surface area contributed by atoms with Crippen LogP contribution < -0.4 is 5.73 Å². The number of carbonyl (C=O) groups excluding carboxylic acids is 3. The zero-order valence-electron chi connectivity index (χ0n) is 17.9. The molecule has 2 atom stereocenters. The molecule has 2 N–H and O–H groups in total. The van der Waals surface area contributed by atoms with Gasteiger partial charge in [0.15, 0.2) is 0 Å². The van der Waals surface area contributed by atoms with Crippen molar-refractivity contribution in [1.29, 1.82) is 0 Å². The number of amides is 3. The number of hydrogen-bond acceptors (Lipinski definition) is 4. The van der Waals surface area contributed by atoms with Gasteiger partial charge in [-0.1, -0.05) is 30.3 Å². The Bertz CT molecular complexity index is 1030. The molecule has 32 heavy (non-hydrogen) atoms. The standard InChI is InChI=1S/C24H25F2N3O3/c1-15(27)23(31)29(22(30)12-16-10-19(25)14-20(26)11-16)21-13-18(8-9-28(2)24(21)32)17-6-4-3-5-7-17/h3-7,10-11,13-15,21H,8-9,12,27H2,1-2H3/t15-,21-/m0/s1. The van der Waals surface area contributed by atoms with E-state index in [1.54, 1.807) is 13.1 Å². The van der Waals surface area contributed by atoms with Crippen LogP contribution >= 0.6 is 0 Å². The Morgan fingerprint density at radius 1 is 1.16 bits per heavy atom. The smallest absolute Gasteiger partial charge is 0.249 e. The molecule has 0 spiro atoms. The number of halogens is 2. The van der Waals surface area contributed by atoms with Gasteiger partial charge in [-0.3, -0.25) is 19.3 Å². The van der Waals surface area contributed by atoms with E-state index in [9.17, 15) is 23.2 Å². The van der Waals surface area contributed by atoms with Gasteiger partial charge in [-0.05, 0) is 48.3 Å². The monoisotopic (exact) mass is 441 g/mol. The van der Waals surface area contributed by atoms with Gasteiger partial charge in [-0.2, -0.15) is 0 Å². The highest BCUT2D eigenvalue weighted by Crippen LogP contribution is 2.25. The van der Waals surface area contributed by atoms with Crippen LogP contribution in [0.4, 0.5) is 8.78 Å². The summed E-state index contributed by atoms with van der Waals surface area (Å²) in [6.07, 6.45) is 1.67. The zero-order chi connectivity index (χ0) is 23.4. The molecule has 168 valence electrons. The second-order valence-electron chi connectivity index (χ2n) is 7.86. The number of benzene rings is 2. The molecule has 0 aliphatic carbocycles. The Kier molecular flexibility index (Phi) is 7.15. The van der Waals surface area contributed by atoms with E-state index < -0.39 is 47.9 Å². The highest BCUT2D eigenvalue weighted by atomic mass is 19.1. The average molecular weight is 441 g/mol. The van der Waals surface area contributed by atoms with Crippen LogP contribution in [0.3, 0.4) is 0 Å². The second-order valence-corrected chi connectivity index (χ2v) is 7.86. The normalized spacial score (nSPS) is 17.4. The Labute approximate surface area is 185 Å². The molecule has 1 aliphatic heterocycles. The van der Waals surface area contributed by atoms with E-state index in [0.717, 1.165) is 28.2 Å². The van der Waals surface area contributed by atoms with Gasteiger partial charge in [0.05, 0.1) is 12.5 Å². The molecule has 0 bridgehead atoms. The van der Waals surface area contributed by atoms with E-state index in [4.69, 9.17) is 5.73 Å². The van der Waals surface area contributed by atoms with Crippen molar-refractivity contribution in [2.45, 2.75) is 31.8 Å². The van der Waals surface area contributed by atoms with Crippen molar-refractivity contribution in [3.8, 4) is 0 Å². The van der Waals surface area contributed by atoms with E-state index >= 15 is 0 Å². The van der Waals surface area contributed by atoms with Crippen molar-refractivity contribution in [2.75, 3.05) is 13.6 Å². The minimum Gasteiger partial charge on any atom is -0.343 e. The van der Waals surface area contributed by atoms with Crippen molar-refractivity contribution >= 4 is 23.3 Å². The SMILES string of the molecule is C[C@H](N)C(=O)N(C(=O)Cc1cc(F)cc(F)c1)[C@H]1C=C(c2ccccc2)CCN(C)C1=O. The van der Waals surface area contributed by atoms with Gasteiger partial charge < -0.3 is 10.6 Å². The summed E-state index contributed by atoms with van der Waals surface area (Å²) in [4.78, 5) is 41.5. The fourth-order valence-corrected chi connectivity index (χ4v) is 3.65. The Hall–Kier alpha value is -3.39. The van der Waals surface area contributed by atoms with Gasteiger partial charge in [0, 0.05) is 19.7 Å². The molecule has 2 aromatic rings. The minimum absolute atomic E-state index is 0.0525. The van der Waals surface area contributed by atoms with Gasteiger partial charge in [-0.15, -0.1) is 0 Å². The summed E-state index contributed by atoms with van der Waals surface area (Å²) in [6.45, 7) is 1.82. The summed E-state index contributed by atoms with van der Waals surface area (Å²) in [7, 11) is 1.60. The van der Waals surface area contributed by atoms with Crippen molar-refractivity contribution < 1.29 is 23.2 Å². The molecule has 0 fully saturated rings. The molecule has 0 aromatic heterocycles. The maximum atomic E-state index is 13.6. The van der Waals surface area contributed by atoms with Crippen molar-refractivity contribution in [3.05, 3.63) is 77.4 Å². The molecule has 8 heteroatoms. The third-order valence-electron chi connectivity index (χ3n) is 5.30. The van der Waals surface area contributed by atoms with Crippen LogP contribution in [-0.2, 0) is 20.8 Å². The van der Waals surface area contributed by atoms with Gasteiger partial charge in [-0.25, -0.2) is 8.78 Å². The molecule has 1 aliphatic rings. The first-order valence-electron chi connectivity index (χ1n) is 10.2. The number of hydrogen-bond donors (Lipinski definition) is 1. The lowest BCUT2D eigenvalue weighted by Gasteiger charge is -2.30. The first-order valence-corrected chi connectivity index (χ1v) is 10.2. The van der Waals surface area contributed by atoms with Crippen molar-refractivity contribution in [3.63, 3.8) is 0 Å².